The molecule has 7 nitrogen and oxygen atoms in total. The van der Waals surface area contributed by atoms with Gasteiger partial charge >= 0.3 is 6.03 Å². The molecule has 7 heteroatoms. The van der Waals surface area contributed by atoms with Crippen molar-refractivity contribution in [3.63, 3.8) is 0 Å². The van der Waals surface area contributed by atoms with Crippen molar-refractivity contribution in [1.29, 1.82) is 0 Å². The van der Waals surface area contributed by atoms with E-state index in [9.17, 15) is 14.4 Å². The van der Waals surface area contributed by atoms with Gasteiger partial charge in [0.1, 0.15) is 5.54 Å². The largest absolute Gasteiger partial charge is 0.344 e. The molecular weight excluding hydrogens is 332 g/mol. The zero-order valence-electron chi connectivity index (χ0n) is 15.3. The zero-order valence-corrected chi connectivity index (χ0v) is 15.3. The molecule has 1 aromatic carbocycles. The molecule has 0 aromatic heterocycles. The van der Waals surface area contributed by atoms with Crippen LogP contribution >= 0.6 is 0 Å². The quantitative estimate of drug-likeness (QED) is 0.784. The molecule has 0 bridgehead atoms. The van der Waals surface area contributed by atoms with Gasteiger partial charge in [-0.3, -0.25) is 19.9 Å². The van der Waals surface area contributed by atoms with E-state index in [1.54, 1.807) is 6.92 Å². The number of nitrogens with one attached hydrogen (secondary N) is 2. The minimum atomic E-state index is -0.946. The highest BCUT2D eigenvalue weighted by molar-refractivity contribution is 6.07. The van der Waals surface area contributed by atoms with Gasteiger partial charge < -0.3 is 5.32 Å². The first-order valence-electron chi connectivity index (χ1n) is 9.16. The lowest BCUT2D eigenvalue weighted by atomic mass is 9.89. The van der Waals surface area contributed by atoms with Gasteiger partial charge in [-0.2, -0.15) is 5.01 Å². The van der Waals surface area contributed by atoms with Crippen molar-refractivity contribution in [3.8, 4) is 0 Å². The summed E-state index contributed by atoms with van der Waals surface area (Å²) in [6.45, 7) is 5.30. The molecule has 0 radical (unpaired) electrons. The first kappa shape index (κ1) is 18.4. The second-order valence-corrected chi connectivity index (χ2v) is 7.25. The fraction of sp³-hybridized carbons (Fsp3) is 0.526. The van der Waals surface area contributed by atoms with Crippen molar-refractivity contribution in [2.24, 2.45) is 0 Å². The maximum Gasteiger partial charge on any atom is 0.344 e. The molecule has 0 saturated carbocycles. The van der Waals surface area contributed by atoms with Gasteiger partial charge in [0, 0.05) is 0 Å². The van der Waals surface area contributed by atoms with Crippen LogP contribution in [0.15, 0.2) is 30.3 Å². The standard InChI is InChI=1S/C19H26N4O3/c1-3-19(2)17(25)23(18(26)20-19)21-16(24)13-22-11-9-15(10-12-22)14-7-5-4-6-8-14/h4-8,15H,3,9-13H2,1-2H3,(H,20,26)(H,21,24). The lowest BCUT2D eigenvalue weighted by molar-refractivity contribution is -0.139. The summed E-state index contributed by atoms with van der Waals surface area (Å²) in [6, 6.07) is 9.84. The summed E-state index contributed by atoms with van der Waals surface area (Å²) in [6.07, 6.45) is 2.46. The molecule has 1 unspecified atom stereocenters. The van der Waals surface area contributed by atoms with Crippen molar-refractivity contribution in [1.82, 2.24) is 20.7 Å². The molecule has 26 heavy (non-hydrogen) atoms. The normalized spacial score (nSPS) is 24.6. The molecule has 2 saturated heterocycles. The van der Waals surface area contributed by atoms with Crippen LogP contribution in [-0.4, -0.2) is 52.9 Å². The van der Waals surface area contributed by atoms with Crippen molar-refractivity contribution >= 4 is 17.8 Å². The van der Waals surface area contributed by atoms with Crippen molar-refractivity contribution in [2.75, 3.05) is 19.6 Å². The summed E-state index contributed by atoms with van der Waals surface area (Å²) in [4.78, 5) is 38.6. The molecule has 2 heterocycles. The second-order valence-electron chi connectivity index (χ2n) is 7.25. The Morgan fingerprint density at radius 3 is 2.46 bits per heavy atom. The summed E-state index contributed by atoms with van der Waals surface area (Å²) in [5.74, 6) is -0.236. The number of benzene rings is 1. The lowest BCUT2D eigenvalue weighted by Gasteiger charge is -2.32. The first-order valence-corrected chi connectivity index (χ1v) is 9.16. The van der Waals surface area contributed by atoms with Crippen LogP contribution in [0.25, 0.3) is 0 Å². The van der Waals surface area contributed by atoms with E-state index < -0.39 is 17.5 Å². The Kier molecular flexibility index (Phi) is 5.27. The number of likely N-dealkylation sites (tertiary alicyclic amines) is 1. The summed E-state index contributed by atoms with van der Waals surface area (Å²) in [7, 11) is 0. The van der Waals surface area contributed by atoms with Gasteiger partial charge in [0.2, 0.25) is 0 Å². The number of nitrogens with zero attached hydrogens (tertiary/aromatic N) is 2. The Bertz CT molecular complexity index is 685. The monoisotopic (exact) mass is 358 g/mol. The van der Waals surface area contributed by atoms with Crippen LogP contribution in [-0.2, 0) is 9.59 Å². The number of carbonyl (C=O) groups excluding carboxylic acids is 3. The Morgan fingerprint density at radius 1 is 1.23 bits per heavy atom. The van der Waals surface area contributed by atoms with Gasteiger partial charge in [0.25, 0.3) is 11.8 Å². The number of hydrogen-bond donors (Lipinski definition) is 2. The fourth-order valence-electron chi connectivity index (χ4n) is 3.54. The molecule has 2 aliphatic heterocycles. The third-order valence-electron chi connectivity index (χ3n) is 5.43. The molecule has 2 fully saturated rings. The van der Waals surface area contributed by atoms with Gasteiger partial charge in [-0.05, 0) is 50.8 Å². The number of hydrazine groups is 1. The van der Waals surface area contributed by atoms with E-state index in [0.717, 1.165) is 30.9 Å². The van der Waals surface area contributed by atoms with Gasteiger partial charge in [0.05, 0.1) is 6.54 Å². The smallest absolute Gasteiger partial charge is 0.322 e. The maximum atomic E-state index is 12.3. The molecule has 2 aliphatic rings. The first-order chi connectivity index (χ1) is 12.4. The van der Waals surface area contributed by atoms with Gasteiger partial charge in [-0.15, -0.1) is 0 Å². The molecule has 3 rings (SSSR count). The van der Waals surface area contributed by atoms with Crippen LogP contribution in [0.1, 0.15) is 44.6 Å². The molecule has 4 amide bonds. The van der Waals surface area contributed by atoms with E-state index in [4.69, 9.17) is 0 Å². The zero-order chi connectivity index (χ0) is 18.7. The number of imide groups is 1. The van der Waals surface area contributed by atoms with Crippen LogP contribution < -0.4 is 10.7 Å². The molecule has 1 aromatic rings. The Morgan fingerprint density at radius 2 is 1.88 bits per heavy atom. The Hall–Kier alpha value is -2.41. The van der Waals surface area contributed by atoms with E-state index in [-0.39, 0.29) is 12.5 Å². The van der Waals surface area contributed by atoms with Crippen LogP contribution in [0.5, 0.6) is 0 Å². The van der Waals surface area contributed by atoms with E-state index >= 15 is 0 Å². The average molecular weight is 358 g/mol. The number of rotatable bonds is 5. The molecule has 2 N–H and O–H groups in total. The number of piperidine rings is 1. The van der Waals surface area contributed by atoms with Gasteiger partial charge in [-0.25, -0.2) is 4.79 Å². The number of urea groups is 1. The van der Waals surface area contributed by atoms with Crippen molar-refractivity contribution in [2.45, 2.75) is 44.6 Å². The maximum absolute atomic E-state index is 12.3. The molecule has 140 valence electrons. The number of hydrogen-bond acceptors (Lipinski definition) is 4. The van der Waals surface area contributed by atoms with Gasteiger partial charge in [0.15, 0.2) is 0 Å². The summed E-state index contributed by atoms with van der Waals surface area (Å²) >= 11 is 0. The fourth-order valence-corrected chi connectivity index (χ4v) is 3.54. The van der Waals surface area contributed by atoms with Crippen LogP contribution in [0.2, 0.25) is 0 Å². The summed E-state index contributed by atoms with van der Waals surface area (Å²) in [5.41, 5.74) is 2.85. The minimum absolute atomic E-state index is 0.182. The van der Waals surface area contributed by atoms with E-state index in [0.29, 0.717) is 12.3 Å². The average Bonchev–Trinajstić information content (AvgIpc) is 2.87. The van der Waals surface area contributed by atoms with Gasteiger partial charge in [-0.1, -0.05) is 37.3 Å². The predicted octanol–water partition coefficient (Wildman–Crippen LogP) is 1.62. The highest BCUT2D eigenvalue weighted by Crippen LogP contribution is 2.27. The minimum Gasteiger partial charge on any atom is -0.322 e. The Labute approximate surface area is 153 Å². The predicted molar refractivity (Wildman–Crippen MR) is 97.1 cm³/mol. The van der Waals surface area contributed by atoms with E-state index in [1.807, 2.05) is 13.0 Å². The van der Waals surface area contributed by atoms with E-state index in [1.165, 1.54) is 5.56 Å². The molecule has 0 spiro atoms. The second kappa shape index (κ2) is 7.45. The Balaban J connectivity index is 1.49. The molecule has 1 atom stereocenters. The number of carbonyl (C=O) groups is 3. The number of amides is 4. The van der Waals surface area contributed by atoms with Crippen molar-refractivity contribution < 1.29 is 14.4 Å². The van der Waals surface area contributed by atoms with Crippen LogP contribution in [0.3, 0.4) is 0 Å². The van der Waals surface area contributed by atoms with E-state index in [2.05, 4.69) is 39.9 Å². The summed E-state index contributed by atoms with van der Waals surface area (Å²) < 4.78 is 0. The van der Waals surface area contributed by atoms with Crippen molar-refractivity contribution in [3.05, 3.63) is 35.9 Å². The molecular formula is C19H26N4O3. The highest BCUT2D eigenvalue weighted by Gasteiger charge is 2.47. The third kappa shape index (κ3) is 3.72. The highest BCUT2D eigenvalue weighted by atomic mass is 16.2. The third-order valence-corrected chi connectivity index (χ3v) is 5.43. The lowest BCUT2D eigenvalue weighted by Crippen LogP contribution is -2.51. The summed E-state index contributed by atoms with van der Waals surface area (Å²) in [5, 5.41) is 3.43. The van der Waals surface area contributed by atoms with Crippen LogP contribution in [0.4, 0.5) is 4.79 Å². The molecule has 0 aliphatic carbocycles. The van der Waals surface area contributed by atoms with Crippen LogP contribution in [0, 0.1) is 0 Å². The SMILES string of the molecule is CCC1(C)NC(=O)N(NC(=O)CN2CCC(c3ccccc3)CC2)C1=O. The topological polar surface area (TPSA) is 81.8 Å².